The van der Waals surface area contributed by atoms with Gasteiger partial charge in [0.05, 0.1) is 11.5 Å². The van der Waals surface area contributed by atoms with Crippen LogP contribution in [0.4, 0.5) is 0 Å². The smallest absolute Gasteiger partial charge is 0.140 e. The van der Waals surface area contributed by atoms with Gasteiger partial charge in [-0.3, -0.25) is 9.59 Å². The van der Waals surface area contributed by atoms with Crippen LogP contribution in [-0.4, -0.2) is 22.8 Å². The van der Waals surface area contributed by atoms with Gasteiger partial charge in [0.15, 0.2) is 0 Å². The van der Waals surface area contributed by atoms with Crippen molar-refractivity contribution in [3.8, 4) is 0 Å². The Kier molecular flexibility index (Phi) is 5.01. The van der Waals surface area contributed by atoms with Crippen molar-refractivity contribution in [1.82, 2.24) is 0 Å². The molecule has 3 heteroatoms. The molecular formula is C31H46O3. The van der Waals surface area contributed by atoms with E-state index in [2.05, 4.69) is 60.6 Å². The van der Waals surface area contributed by atoms with E-state index in [4.69, 9.17) is 0 Å². The highest BCUT2D eigenvalue weighted by molar-refractivity contribution is 5.88. The molecule has 0 spiro atoms. The van der Waals surface area contributed by atoms with Gasteiger partial charge < -0.3 is 5.11 Å². The highest BCUT2D eigenvalue weighted by atomic mass is 16.3. The number of fused-ring (bicyclic) bond motifs is 7. The summed E-state index contributed by atoms with van der Waals surface area (Å²) in [5, 5.41) is 11.7. The molecule has 0 saturated heterocycles. The molecule has 0 radical (unpaired) electrons. The first-order valence-electron chi connectivity index (χ1n) is 13.7. The van der Waals surface area contributed by atoms with Crippen LogP contribution in [0.25, 0.3) is 0 Å². The van der Waals surface area contributed by atoms with Gasteiger partial charge in [-0.1, -0.05) is 60.6 Å². The van der Waals surface area contributed by atoms with Crippen LogP contribution in [-0.2, 0) is 9.59 Å². The molecule has 0 aromatic heterocycles. The van der Waals surface area contributed by atoms with Gasteiger partial charge in [-0.15, -0.1) is 0 Å². The number of hydrogen-bond acceptors (Lipinski definition) is 3. The quantitative estimate of drug-likeness (QED) is 0.460. The number of carbonyl (C=O) groups is 2. The number of ketones is 2. The Morgan fingerprint density at radius 2 is 1.59 bits per heavy atom. The number of aliphatic hydroxyl groups is 1. The molecule has 188 valence electrons. The van der Waals surface area contributed by atoms with Gasteiger partial charge in [-0.2, -0.15) is 0 Å². The third-order valence-corrected chi connectivity index (χ3v) is 12.4. The molecule has 0 heterocycles. The van der Waals surface area contributed by atoms with Gasteiger partial charge in [0.25, 0.3) is 0 Å². The lowest BCUT2D eigenvalue weighted by atomic mass is 9.34. The topological polar surface area (TPSA) is 54.4 Å². The van der Waals surface area contributed by atoms with Crippen molar-refractivity contribution in [3.63, 3.8) is 0 Å². The first kappa shape index (κ1) is 24.5. The SMILES string of the molecule is CC(=O)[C@]12CCC(C)(C)C=C1C1=CCC3[C@@]4(C)CCC(=O)C(C)(C)C4[C@H](O)C[C@@]3(C)[C@]1(C)CC2. The van der Waals surface area contributed by atoms with E-state index in [0.717, 1.165) is 44.9 Å². The average molecular weight is 467 g/mol. The zero-order valence-electron chi connectivity index (χ0n) is 22.8. The van der Waals surface area contributed by atoms with Crippen molar-refractivity contribution >= 4 is 11.6 Å². The van der Waals surface area contributed by atoms with E-state index in [0.29, 0.717) is 23.9 Å². The molecule has 34 heavy (non-hydrogen) atoms. The molecule has 3 saturated carbocycles. The summed E-state index contributed by atoms with van der Waals surface area (Å²) < 4.78 is 0. The molecule has 5 aliphatic carbocycles. The predicted molar refractivity (Wildman–Crippen MR) is 136 cm³/mol. The summed E-state index contributed by atoms with van der Waals surface area (Å²) in [5.74, 6) is 1.07. The Bertz CT molecular complexity index is 1010. The maximum Gasteiger partial charge on any atom is 0.140 e. The fourth-order valence-corrected chi connectivity index (χ4v) is 10.2. The molecule has 2 unspecified atom stereocenters. The number of Topliss-reactive ketones (excluding diaryl/α,β-unsaturated/α-hetero) is 2. The third kappa shape index (κ3) is 2.80. The van der Waals surface area contributed by atoms with Crippen LogP contribution >= 0.6 is 0 Å². The highest BCUT2D eigenvalue weighted by Crippen LogP contribution is 2.74. The summed E-state index contributed by atoms with van der Waals surface area (Å²) in [4.78, 5) is 26.1. The summed E-state index contributed by atoms with van der Waals surface area (Å²) in [7, 11) is 0. The van der Waals surface area contributed by atoms with Crippen molar-refractivity contribution in [2.45, 2.75) is 113 Å². The normalized spacial score (nSPS) is 49.0. The van der Waals surface area contributed by atoms with E-state index in [1.165, 1.54) is 11.1 Å². The number of aliphatic hydroxyl groups excluding tert-OH is 1. The zero-order chi connectivity index (χ0) is 25.1. The number of rotatable bonds is 1. The van der Waals surface area contributed by atoms with E-state index >= 15 is 0 Å². The monoisotopic (exact) mass is 466 g/mol. The summed E-state index contributed by atoms with van der Waals surface area (Å²) in [5.41, 5.74) is 1.80. The van der Waals surface area contributed by atoms with Crippen LogP contribution in [0.5, 0.6) is 0 Å². The van der Waals surface area contributed by atoms with Gasteiger partial charge in [0, 0.05) is 17.8 Å². The van der Waals surface area contributed by atoms with Gasteiger partial charge in [-0.25, -0.2) is 0 Å². The van der Waals surface area contributed by atoms with Gasteiger partial charge in [0.2, 0.25) is 0 Å². The second-order valence-corrected chi connectivity index (χ2v) is 14.7. The highest BCUT2D eigenvalue weighted by Gasteiger charge is 2.69. The van der Waals surface area contributed by atoms with Crippen LogP contribution < -0.4 is 0 Å². The molecule has 3 nitrogen and oxygen atoms in total. The van der Waals surface area contributed by atoms with E-state index in [1.54, 1.807) is 6.92 Å². The summed E-state index contributed by atoms with van der Waals surface area (Å²) in [6, 6.07) is 0. The van der Waals surface area contributed by atoms with E-state index < -0.39 is 11.5 Å². The third-order valence-electron chi connectivity index (χ3n) is 12.4. The van der Waals surface area contributed by atoms with Crippen LogP contribution in [0.2, 0.25) is 0 Å². The van der Waals surface area contributed by atoms with E-state index in [9.17, 15) is 14.7 Å². The van der Waals surface area contributed by atoms with Gasteiger partial charge in [-0.05, 0) is 90.6 Å². The van der Waals surface area contributed by atoms with Crippen molar-refractivity contribution < 1.29 is 14.7 Å². The molecule has 0 bridgehead atoms. The lowest BCUT2D eigenvalue weighted by Gasteiger charge is -2.70. The van der Waals surface area contributed by atoms with Crippen LogP contribution in [0.1, 0.15) is 107 Å². The average Bonchev–Trinajstić information content (AvgIpc) is 2.70. The Balaban J connectivity index is 1.67. The largest absolute Gasteiger partial charge is 0.393 e. The van der Waals surface area contributed by atoms with Crippen LogP contribution in [0, 0.1) is 44.3 Å². The molecule has 0 aromatic carbocycles. The minimum Gasteiger partial charge on any atom is -0.393 e. The molecule has 0 amide bonds. The fraction of sp³-hybridized carbons (Fsp3) is 0.806. The number of allylic oxidation sites excluding steroid dienone is 4. The minimum atomic E-state index is -0.481. The molecule has 7 atom stereocenters. The van der Waals surface area contributed by atoms with E-state index in [1.807, 2.05) is 0 Å². The zero-order valence-corrected chi connectivity index (χ0v) is 22.8. The summed E-state index contributed by atoms with van der Waals surface area (Å²) in [6.45, 7) is 17.8. The van der Waals surface area contributed by atoms with Crippen molar-refractivity contribution in [2.75, 3.05) is 0 Å². The Labute approximate surface area is 206 Å². The van der Waals surface area contributed by atoms with Crippen LogP contribution in [0.15, 0.2) is 23.3 Å². The molecule has 0 aromatic rings. The standard InChI is InChI=1S/C31H46O3/c1-19(32)31-15-13-26(2,3)17-21(31)20-9-10-23-28(6)12-11-24(34)27(4,5)25(28)22(33)18-30(23,8)29(20,7)14-16-31/h9,17,22-23,25,33H,10-16,18H2,1-8H3/t22-,23?,25?,28-,29-,30-,31-/m1/s1. The molecule has 0 aliphatic heterocycles. The van der Waals surface area contributed by atoms with Crippen molar-refractivity contribution in [3.05, 3.63) is 23.3 Å². The first-order chi connectivity index (χ1) is 15.6. The van der Waals surface area contributed by atoms with Crippen molar-refractivity contribution in [1.29, 1.82) is 0 Å². The van der Waals surface area contributed by atoms with Crippen molar-refractivity contribution in [2.24, 2.45) is 44.3 Å². The number of carbonyl (C=O) groups excluding carboxylic acids is 2. The molecule has 5 aliphatic rings. The molecular weight excluding hydrogens is 420 g/mol. The maximum atomic E-state index is 13.2. The van der Waals surface area contributed by atoms with Gasteiger partial charge in [0.1, 0.15) is 11.6 Å². The lowest BCUT2D eigenvalue weighted by Crippen LogP contribution is -2.67. The van der Waals surface area contributed by atoms with Gasteiger partial charge >= 0.3 is 0 Å². The maximum absolute atomic E-state index is 13.2. The lowest BCUT2D eigenvalue weighted by molar-refractivity contribution is -0.214. The number of hydrogen-bond donors (Lipinski definition) is 1. The Hall–Kier alpha value is -1.22. The molecule has 1 N–H and O–H groups in total. The Morgan fingerprint density at radius 1 is 0.941 bits per heavy atom. The van der Waals surface area contributed by atoms with Crippen LogP contribution in [0.3, 0.4) is 0 Å². The first-order valence-corrected chi connectivity index (χ1v) is 13.7. The second kappa shape index (κ2) is 6.96. The second-order valence-electron chi connectivity index (χ2n) is 14.7. The molecule has 3 fully saturated rings. The molecule has 5 rings (SSSR count). The Morgan fingerprint density at radius 3 is 2.24 bits per heavy atom. The summed E-state index contributed by atoms with van der Waals surface area (Å²) in [6.07, 6.45) is 11.6. The van der Waals surface area contributed by atoms with E-state index in [-0.39, 0.29) is 33.0 Å². The predicted octanol–water partition coefficient (Wildman–Crippen LogP) is 6.84. The fourth-order valence-electron chi connectivity index (χ4n) is 10.2. The summed E-state index contributed by atoms with van der Waals surface area (Å²) >= 11 is 0. The minimum absolute atomic E-state index is 0.00519.